The summed E-state index contributed by atoms with van der Waals surface area (Å²) in [5.74, 6) is 1.16. The van der Waals surface area contributed by atoms with E-state index in [0.717, 1.165) is 38.6 Å². The Morgan fingerprint density at radius 2 is 1.91 bits per heavy atom. The summed E-state index contributed by atoms with van der Waals surface area (Å²) in [6.45, 7) is 1.90. The van der Waals surface area contributed by atoms with E-state index in [1.165, 1.54) is 12.1 Å². The molecule has 1 fully saturated rings. The Bertz CT molecular complexity index is 484. The third-order valence-electron chi connectivity index (χ3n) is 4.67. The van der Waals surface area contributed by atoms with Crippen molar-refractivity contribution in [1.29, 1.82) is 0 Å². The van der Waals surface area contributed by atoms with Gasteiger partial charge in [-0.05, 0) is 57.2 Å². The van der Waals surface area contributed by atoms with Crippen LogP contribution in [0.25, 0.3) is 0 Å². The van der Waals surface area contributed by atoms with Crippen LogP contribution in [-0.2, 0) is 0 Å². The van der Waals surface area contributed by atoms with E-state index in [1.54, 1.807) is 12.1 Å². The standard InChI is InChI=1S/C17H26N2O4/c1-18(15-5-3-14(13-20)4-6-15)11-2-12-23-17-9-7-16(8-10-17)19(21)22/h7-10,14-15,20H,2-6,11-13H2,1H3. The number of benzene rings is 1. The van der Waals surface area contributed by atoms with Crippen LogP contribution in [-0.4, -0.2) is 47.8 Å². The Kier molecular flexibility index (Phi) is 6.80. The van der Waals surface area contributed by atoms with Crippen LogP contribution >= 0.6 is 0 Å². The van der Waals surface area contributed by atoms with Crippen LogP contribution < -0.4 is 4.74 Å². The van der Waals surface area contributed by atoms with Gasteiger partial charge >= 0.3 is 0 Å². The Labute approximate surface area is 137 Å². The number of nitro groups is 1. The molecule has 0 saturated heterocycles. The number of aliphatic hydroxyl groups excluding tert-OH is 1. The molecule has 0 amide bonds. The SMILES string of the molecule is CN(CCCOc1ccc([N+](=O)[O-])cc1)C1CCC(CO)CC1. The highest BCUT2D eigenvalue weighted by atomic mass is 16.6. The van der Waals surface area contributed by atoms with Crippen LogP contribution in [0.4, 0.5) is 5.69 Å². The summed E-state index contributed by atoms with van der Waals surface area (Å²) < 4.78 is 5.63. The molecular weight excluding hydrogens is 296 g/mol. The quantitative estimate of drug-likeness (QED) is 0.452. The summed E-state index contributed by atoms with van der Waals surface area (Å²) >= 11 is 0. The van der Waals surface area contributed by atoms with E-state index in [0.29, 0.717) is 30.9 Å². The predicted octanol–water partition coefficient (Wildman–Crippen LogP) is 2.85. The number of non-ortho nitro benzene ring substituents is 1. The van der Waals surface area contributed by atoms with Gasteiger partial charge in [0.05, 0.1) is 11.5 Å². The maximum atomic E-state index is 10.6. The molecule has 0 unspecified atom stereocenters. The van der Waals surface area contributed by atoms with Crippen LogP contribution in [0.1, 0.15) is 32.1 Å². The predicted molar refractivity (Wildman–Crippen MR) is 88.7 cm³/mol. The first-order valence-electron chi connectivity index (χ1n) is 8.28. The van der Waals surface area contributed by atoms with E-state index in [4.69, 9.17) is 4.74 Å². The molecule has 1 aliphatic rings. The Morgan fingerprint density at radius 3 is 2.48 bits per heavy atom. The van der Waals surface area contributed by atoms with Crippen molar-refractivity contribution in [3.63, 3.8) is 0 Å². The van der Waals surface area contributed by atoms with Crippen molar-refractivity contribution < 1.29 is 14.8 Å². The van der Waals surface area contributed by atoms with Gasteiger partial charge in [-0.15, -0.1) is 0 Å². The van der Waals surface area contributed by atoms with Gasteiger partial charge in [-0.2, -0.15) is 0 Å². The molecule has 128 valence electrons. The molecule has 2 rings (SSSR count). The largest absolute Gasteiger partial charge is 0.494 e. The molecule has 1 aromatic rings. The highest BCUT2D eigenvalue weighted by molar-refractivity contribution is 5.35. The molecule has 1 aliphatic carbocycles. The second kappa shape index (κ2) is 8.84. The smallest absolute Gasteiger partial charge is 0.269 e. The molecule has 0 heterocycles. The maximum Gasteiger partial charge on any atom is 0.269 e. The fraction of sp³-hybridized carbons (Fsp3) is 0.647. The van der Waals surface area contributed by atoms with E-state index in [2.05, 4.69) is 11.9 Å². The number of nitro benzene ring substituents is 1. The molecule has 0 atom stereocenters. The van der Waals surface area contributed by atoms with Gasteiger partial charge in [-0.1, -0.05) is 0 Å². The first kappa shape index (κ1) is 17.7. The van der Waals surface area contributed by atoms with E-state index < -0.39 is 4.92 Å². The zero-order valence-corrected chi connectivity index (χ0v) is 13.7. The second-order valence-corrected chi connectivity index (χ2v) is 6.29. The molecule has 6 nitrogen and oxygen atoms in total. The van der Waals surface area contributed by atoms with Gasteiger partial charge < -0.3 is 14.7 Å². The van der Waals surface area contributed by atoms with E-state index in [-0.39, 0.29) is 5.69 Å². The van der Waals surface area contributed by atoms with Gasteiger partial charge in [0.1, 0.15) is 5.75 Å². The normalized spacial score (nSPS) is 21.3. The lowest BCUT2D eigenvalue weighted by Gasteiger charge is -2.34. The molecule has 0 radical (unpaired) electrons. The van der Waals surface area contributed by atoms with Gasteiger partial charge in [-0.3, -0.25) is 10.1 Å². The summed E-state index contributed by atoms with van der Waals surface area (Å²) in [6.07, 6.45) is 5.47. The lowest BCUT2D eigenvalue weighted by atomic mass is 9.86. The Balaban J connectivity index is 1.64. The number of rotatable bonds is 8. The van der Waals surface area contributed by atoms with E-state index in [9.17, 15) is 15.2 Å². The van der Waals surface area contributed by atoms with Crippen LogP contribution in [0.2, 0.25) is 0 Å². The summed E-state index contributed by atoms with van der Waals surface area (Å²) in [4.78, 5) is 12.6. The number of aliphatic hydroxyl groups is 1. The molecule has 0 aliphatic heterocycles. The van der Waals surface area contributed by atoms with Crippen molar-refractivity contribution in [2.75, 3.05) is 26.8 Å². The molecule has 6 heteroatoms. The van der Waals surface area contributed by atoms with Gasteiger partial charge in [0.25, 0.3) is 5.69 Å². The minimum Gasteiger partial charge on any atom is -0.494 e. The summed E-state index contributed by atoms with van der Waals surface area (Å²) in [5.41, 5.74) is 0.0792. The van der Waals surface area contributed by atoms with Crippen molar-refractivity contribution >= 4 is 5.69 Å². The monoisotopic (exact) mass is 322 g/mol. The highest BCUT2D eigenvalue weighted by Crippen LogP contribution is 2.26. The first-order valence-corrected chi connectivity index (χ1v) is 8.28. The van der Waals surface area contributed by atoms with Crippen LogP contribution in [0.15, 0.2) is 24.3 Å². The number of nitrogens with zero attached hydrogens (tertiary/aromatic N) is 2. The number of hydrogen-bond acceptors (Lipinski definition) is 5. The van der Waals surface area contributed by atoms with Crippen molar-refractivity contribution in [3.8, 4) is 5.75 Å². The topological polar surface area (TPSA) is 75.8 Å². The first-order chi connectivity index (χ1) is 11.1. The zero-order valence-electron chi connectivity index (χ0n) is 13.7. The van der Waals surface area contributed by atoms with Crippen molar-refractivity contribution in [2.24, 2.45) is 5.92 Å². The van der Waals surface area contributed by atoms with E-state index in [1.807, 2.05) is 0 Å². The zero-order chi connectivity index (χ0) is 16.7. The lowest BCUT2D eigenvalue weighted by Crippen LogP contribution is -2.36. The molecular formula is C17H26N2O4. The number of hydrogen-bond donors (Lipinski definition) is 1. The van der Waals surface area contributed by atoms with Gasteiger partial charge in [-0.25, -0.2) is 0 Å². The maximum absolute atomic E-state index is 10.6. The molecule has 0 bridgehead atoms. The van der Waals surface area contributed by atoms with Crippen molar-refractivity contribution in [3.05, 3.63) is 34.4 Å². The Morgan fingerprint density at radius 1 is 1.26 bits per heavy atom. The van der Waals surface area contributed by atoms with Gasteiger partial charge in [0, 0.05) is 31.3 Å². The molecule has 1 saturated carbocycles. The van der Waals surface area contributed by atoms with Crippen molar-refractivity contribution in [1.82, 2.24) is 4.90 Å². The summed E-state index contributed by atoms with van der Waals surface area (Å²) in [5, 5.41) is 19.8. The van der Waals surface area contributed by atoms with Gasteiger partial charge in [0.2, 0.25) is 0 Å². The fourth-order valence-corrected chi connectivity index (χ4v) is 3.12. The molecule has 1 N–H and O–H groups in total. The minimum atomic E-state index is -0.412. The van der Waals surface area contributed by atoms with Gasteiger partial charge in [0.15, 0.2) is 0 Å². The highest BCUT2D eigenvalue weighted by Gasteiger charge is 2.23. The molecule has 0 aromatic heterocycles. The van der Waals surface area contributed by atoms with Crippen molar-refractivity contribution in [2.45, 2.75) is 38.1 Å². The van der Waals surface area contributed by atoms with E-state index >= 15 is 0 Å². The lowest BCUT2D eigenvalue weighted by molar-refractivity contribution is -0.384. The third-order valence-corrected chi connectivity index (χ3v) is 4.67. The molecule has 1 aromatic carbocycles. The average molecular weight is 322 g/mol. The third kappa shape index (κ3) is 5.48. The summed E-state index contributed by atoms with van der Waals surface area (Å²) in [6, 6.07) is 6.80. The van der Waals surface area contributed by atoms with Crippen LogP contribution in [0, 0.1) is 16.0 Å². The van der Waals surface area contributed by atoms with Crippen LogP contribution in [0.5, 0.6) is 5.75 Å². The number of ether oxygens (including phenoxy) is 1. The second-order valence-electron chi connectivity index (χ2n) is 6.29. The Hall–Kier alpha value is -1.66. The summed E-state index contributed by atoms with van der Waals surface area (Å²) in [7, 11) is 2.15. The van der Waals surface area contributed by atoms with Crippen LogP contribution in [0.3, 0.4) is 0 Å². The molecule has 23 heavy (non-hydrogen) atoms. The molecule has 0 spiro atoms. The average Bonchev–Trinajstić information content (AvgIpc) is 2.59. The fourth-order valence-electron chi connectivity index (χ4n) is 3.12. The minimum absolute atomic E-state index is 0.0792.